The summed E-state index contributed by atoms with van der Waals surface area (Å²) >= 11 is 5.97. The lowest BCUT2D eigenvalue weighted by Crippen LogP contribution is -2.40. The third-order valence-electron chi connectivity index (χ3n) is 3.92. The molecule has 0 amide bonds. The van der Waals surface area contributed by atoms with Crippen molar-refractivity contribution in [3.8, 4) is 5.75 Å². The normalized spacial score (nSPS) is 19.0. The SMILES string of the molecule is Cc1cc(OC[C@H](O)CN2CCC(C)CC2)ccc1Cl. The molecule has 1 aliphatic heterocycles. The minimum absolute atomic E-state index is 0.327. The summed E-state index contributed by atoms with van der Waals surface area (Å²) in [5.74, 6) is 1.58. The van der Waals surface area contributed by atoms with E-state index in [0.29, 0.717) is 13.2 Å². The molecule has 1 atom stereocenters. The monoisotopic (exact) mass is 297 g/mol. The maximum atomic E-state index is 10.1. The topological polar surface area (TPSA) is 32.7 Å². The quantitative estimate of drug-likeness (QED) is 0.906. The number of aryl methyl sites for hydroxylation is 1. The summed E-state index contributed by atoms with van der Waals surface area (Å²) in [6, 6.07) is 5.56. The average molecular weight is 298 g/mol. The van der Waals surface area contributed by atoms with E-state index >= 15 is 0 Å². The number of nitrogens with zero attached hydrogens (tertiary/aromatic N) is 1. The lowest BCUT2D eigenvalue weighted by atomic mass is 9.99. The van der Waals surface area contributed by atoms with Gasteiger partial charge in [-0.25, -0.2) is 0 Å². The highest BCUT2D eigenvalue weighted by Gasteiger charge is 2.18. The van der Waals surface area contributed by atoms with E-state index < -0.39 is 6.10 Å². The first-order valence-corrected chi connectivity index (χ1v) is 7.72. The van der Waals surface area contributed by atoms with Crippen LogP contribution in [0.3, 0.4) is 0 Å². The number of piperidine rings is 1. The van der Waals surface area contributed by atoms with Gasteiger partial charge in [-0.05, 0) is 62.5 Å². The van der Waals surface area contributed by atoms with Gasteiger partial charge in [0.1, 0.15) is 18.5 Å². The Hall–Kier alpha value is -0.770. The third-order valence-corrected chi connectivity index (χ3v) is 4.34. The van der Waals surface area contributed by atoms with Crippen LogP contribution in [0.2, 0.25) is 5.02 Å². The van der Waals surface area contributed by atoms with Crippen LogP contribution in [0.4, 0.5) is 0 Å². The van der Waals surface area contributed by atoms with Crippen LogP contribution in [0.1, 0.15) is 25.3 Å². The van der Waals surface area contributed by atoms with Gasteiger partial charge in [-0.15, -0.1) is 0 Å². The summed E-state index contributed by atoms with van der Waals surface area (Å²) in [6.45, 7) is 7.42. The zero-order chi connectivity index (χ0) is 14.5. The van der Waals surface area contributed by atoms with Crippen LogP contribution in [-0.2, 0) is 0 Å². The number of benzene rings is 1. The second-order valence-corrected chi connectivity index (χ2v) is 6.27. The van der Waals surface area contributed by atoms with Crippen molar-refractivity contribution in [2.24, 2.45) is 5.92 Å². The number of ether oxygens (including phenoxy) is 1. The molecule has 0 unspecified atom stereocenters. The van der Waals surface area contributed by atoms with Crippen molar-refractivity contribution in [1.29, 1.82) is 0 Å². The zero-order valence-electron chi connectivity index (χ0n) is 12.3. The average Bonchev–Trinajstić information content (AvgIpc) is 2.43. The molecular weight excluding hydrogens is 274 g/mol. The van der Waals surface area contributed by atoms with E-state index in [4.69, 9.17) is 16.3 Å². The van der Waals surface area contributed by atoms with Crippen LogP contribution in [0.15, 0.2) is 18.2 Å². The van der Waals surface area contributed by atoms with Gasteiger partial charge in [0.25, 0.3) is 0 Å². The van der Waals surface area contributed by atoms with Crippen LogP contribution in [0.5, 0.6) is 5.75 Å². The Morgan fingerprint density at radius 3 is 2.75 bits per heavy atom. The fraction of sp³-hybridized carbons (Fsp3) is 0.625. The van der Waals surface area contributed by atoms with E-state index in [1.54, 1.807) is 0 Å². The third kappa shape index (κ3) is 4.65. The molecule has 112 valence electrons. The second kappa shape index (κ2) is 7.30. The van der Waals surface area contributed by atoms with Crippen molar-refractivity contribution < 1.29 is 9.84 Å². The molecule has 0 spiro atoms. The summed E-state index contributed by atoms with van der Waals surface area (Å²) in [5, 5.41) is 10.8. The number of aliphatic hydroxyl groups is 1. The van der Waals surface area contributed by atoms with E-state index in [1.807, 2.05) is 25.1 Å². The predicted molar refractivity (Wildman–Crippen MR) is 82.5 cm³/mol. The van der Waals surface area contributed by atoms with Crippen LogP contribution < -0.4 is 4.74 Å². The second-order valence-electron chi connectivity index (χ2n) is 5.86. The van der Waals surface area contributed by atoms with Gasteiger partial charge in [0.15, 0.2) is 0 Å². The number of hydrogen-bond acceptors (Lipinski definition) is 3. The Labute approximate surface area is 126 Å². The molecule has 1 fully saturated rings. The molecular formula is C16H24ClNO2. The van der Waals surface area contributed by atoms with E-state index in [-0.39, 0.29) is 0 Å². The Morgan fingerprint density at radius 2 is 2.10 bits per heavy atom. The van der Waals surface area contributed by atoms with Crippen molar-refractivity contribution in [2.45, 2.75) is 32.8 Å². The van der Waals surface area contributed by atoms with Crippen molar-refractivity contribution in [2.75, 3.05) is 26.2 Å². The van der Waals surface area contributed by atoms with Crippen molar-refractivity contribution >= 4 is 11.6 Å². The van der Waals surface area contributed by atoms with Gasteiger partial charge in [-0.1, -0.05) is 18.5 Å². The van der Waals surface area contributed by atoms with Crippen LogP contribution in [0, 0.1) is 12.8 Å². The molecule has 1 aliphatic rings. The molecule has 1 N–H and O–H groups in total. The summed E-state index contributed by atoms with van der Waals surface area (Å²) in [4.78, 5) is 2.32. The van der Waals surface area contributed by atoms with Crippen molar-refractivity contribution in [3.63, 3.8) is 0 Å². The largest absolute Gasteiger partial charge is 0.491 e. The lowest BCUT2D eigenvalue weighted by molar-refractivity contribution is 0.0563. The molecule has 4 heteroatoms. The smallest absolute Gasteiger partial charge is 0.119 e. The molecule has 1 aromatic carbocycles. The highest BCUT2D eigenvalue weighted by Crippen LogP contribution is 2.21. The van der Waals surface area contributed by atoms with E-state index in [2.05, 4.69) is 11.8 Å². The van der Waals surface area contributed by atoms with Crippen LogP contribution in [0.25, 0.3) is 0 Å². The van der Waals surface area contributed by atoms with Gasteiger partial charge < -0.3 is 14.7 Å². The maximum Gasteiger partial charge on any atom is 0.119 e. The minimum atomic E-state index is -0.445. The van der Waals surface area contributed by atoms with Gasteiger partial charge in [0.2, 0.25) is 0 Å². The fourth-order valence-electron chi connectivity index (χ4n) is 2.49. The van der Waals surface area contributed by atoms with E-state index in [1.165, 1.54) is 12.8 Å². The summed E-state index contributed by atoms with van der Waals surface area (Å²) in [7, 11) is 0. The molecule has 2 rings (SSSR count). The highest BCUT2D eigenvalue weighted by atomic mass is 35.5. The van der Waals surface area contributed by atoms with Gasteiger partial charge in [-0.3, -0.25) is 0 Å². The Morgan fingerprint density at radius 1 is 1.40 bits per heavy atom. The Bertz CT molecular complexity index is 430. The summed E-state index contributed by atoms with van der Waals surface area (Å²) < 4.78 is 5.63. The van der Waals surface area contributed by atoms with Crippen LogP contribution >= 0.6 is 11.6 Å². The molecule has 0 saturated carbocycles. The number of aliphatic hydroxyl groups excluding tert-OH is 1. The Kier molecular flexibility index (Phi) is 5.70. The summed E-state index contributed by atoms with van der Waals surface area (Å²) in [6.07, 6.45) is 2.01. The Balaban J connectivity index is 1.74. The zero-order valence-corrected chi connectivity index (χ0v) is 13.1. The fourth-order valence-corrected chi connectivity index (χ4v) is 2.61. The molecule has 3 nitrogen and oxygen atoms in total. The number of halogens is 1. The predicted octanol–water partition coefficient (Wildman–Crippen LogP) is 3.12. The molecule has 0 aliphatic carbocycles. The van der Waals surface area contributed by atoms with Crippen molar-refractivity contribution in [3.05, 3.63) is 28.8 Å². The number of rotatable bonds is 5. The molecule has 1 saturated heterocycles. The van der Waals surface area contributed by atoms with Gasteiger partial charge in [0.05, 0.1) is 0 Å². The first-order valence-electron chi connectivity index (χ1n) is 7.34. The molecule has 1 aromatic rings. The van der Waals surface area contributed by atoms with E-state index in [9.17, 15) is 5.11 Å². The highest BCUT2D eigenvalue weighted by molar-refractivity contribution is 6.31. The number of β-amino-alcohol motifs (C(OH)–C–C–N with tert-alkyl or cyclic N) is 1. The molecule has 0 aromatic heterocycles. The number of hydrogen-bond donors (Lipinski definition) is 1. The molecule has 20 heavy (non-hydrogen) atoms. The maximum absolute atomic E-state index is 10.1. The van der Waals surface area contributed by atoms with Gasteiger partial charge in [-0.2, -0.15) is 0 Å². The van der Waals surface area contributed by atoms with Crippen molar-refractivity contribution in [1.82, 2.24) is 4.90 Å². The first-order chi connectivity index (χ1) is 9.54. The van der Waals surface area contributed by atoms with Crippen LogP contribution in [-0.4, -0.2) is 42.4 Å². The number of likely N-dealkylation sites (tertiary alicyclic amines) is 1. The lowest BCUT2D eigenvalue weighted by Gasteiger charge is -2.31. The van der Waals surface area contributed by atoms with Gasteiger partial charge >= 0.3 is 0 Å². The first kappa shape index (κ1) is 15.6. The molecule has 0 bridgehead atoms. The minimum Gasteiger partial charge on any atom is -0.491 e. The van der Waals surface area contributed by atoms with Gasteiger partial charge in [0, 0.05) is 11.6 Å². The standard InChI is InChI=1S/C16H24ClNO2/c1-12-5-7-18(8-6-12)10-14(19)11-20-15-3-4-16(17)13(2)9-15/h3-4,9,12,14,19H,5-8,10-11H2,1-2H3/t14-/m1/s1. The summed E-state index contributed by atoms with van der Waals surface area (Å²) in [5.41, 5.74) is 0.990. The molecule has 1 heterocycles. The van der Waals surface area contributed by atoms with E-state index in [0.717, 1.165) is 35.3 Å². The molecule has 0 radical (unpaired) electrons.